The number of nitrogens with zero attached hydrogens (tertiary/aromatic N) is 1. The normalized spacial score (nSPS) is 11.1. The second-order valence-corrected chi connectivity index (χ2v) is 5.86. The first-order valence-electron chi connectivity index (χ1n) is 8.95. The van der Waals surface area contributed by atoms with Gasteiger partial charge in [-0.05, 0) is 6.42 Å². The Labute approximate surface area is 136 Å². The maximum atomic E-state index is 11.7. The Morgan fingerprint density at radius 3 is 1.95 bits per heavy atom. The number of hydrogen-bond donors (Lipinski definition) is 3. The van der Waals surface area contributed by atoms with Crippen molar-refractivity contribution in [3.05, 3.63) is 0 Å². The number of rotatable bonds is 16. The number of carbonyl (C=O) groups excluding carboxylic acids is 1. The van der Waals surface area contributed by atoms with Gasteiger partial charge in [-0.15, -0.1) is 0 Å². The van der Waals surface area contributed by atoms with E-state index < -0.39 is 0 Å². The Morgan fingerprint density at radius 2 is 1.41 bits per heavy atom. The maximum absolute atomic E-state index is 11.7. The van der Waals surface area contributed by atoms with Crippen molar-refractivity contribution in [3.8, 4) is 0 Å². The first-order valence-corrected chi connectivity index (χ1v) is 8.95. The number of hydrogen-bond acceptors (Lipinski definition) is 4. The number of aliphatic hydroxyl groups is 2. The zero-order valence-electron chi connectivity index (χ0n) is 14.4. The third kappa shape index (κ3) is 14.3. The molecule has 0 radical (unpaired) electrons. The molecule has 0 aliphatic rings. The fraction of sp³-hybridized carbons (Fsp3) is 0.941. The van der Waals surface area contributed by atoms with Gasteiger partial charge < -0.3 is 15.5 Å². The van der Waals surface area contributed by atoms with Crippen molar-refractivity contribution in [2.45, 2.75) is 64.7 Å². The van der Waals surface area contributed by atoms with E-state index in [1.165, 1.54) is 38.5 Å². The topological polar surface area (TPSA) is 72.8 Å². The van der Waals surface area contributed by atoms with Crippen LogP contribution in [0.25, 0.3) is 0 Å². The summed E-state index contributed by atoms with van der Waals surface area (Å²) < 4.78 is 0. The molecule has 22 heavy (non-hydrogen) atoms. The Bertz CT molecular complexity index is 244. The highest BCUT2D eigenvalue weighted by atomic mass is 16.3. The standard InChI is InChI=1S/C17H36N2O3/c1-2-3-4-5-6-7-8-9-10-17(22)18-11-12-19(13-15-20)14-16-21/h20-21H,2-16H2,1H3,(H,18,22). The molecule has 0 fully saturated rings. The minimum Gasteiger partial charge on any atom is -0.395 e. The summed E-state index contributed by atoms with van der Waals surface area (Å²) in [4.78, 5) is 13.6. The molecule has 0 aromatic rings. The van der Waals surface area contributed by atoms with E-state index in [9.17, 15) is 4.79 Å². The summed E-state index contributed by atoms with van der Waals surface area (Å²) in [6, 6.07) is 0. The molecule has 1 amide bonds. The van der Waals surface area contributed by atoms with E-state index in [-0.39, 0.29) is 19.1 Å². The van der Waals surface area contributed by atoms with E-state index in [0.717, 1.165) is 12.8 Å². The lowest BCUT2D eigenvalue weighted by Crippen LogP contribution is -2.37. The molecule has 0 bridgehead atoms. The van der Waals surface area contributed by atoms with Gasteiger partial charge >= 0.3 is 0 Å². The first-order chi connectivity index (χ1) is 10.7. The number of nitrogens with one attached hydrogen (secondary N) is 1. The van der Waals surface area contributed by atoms with Crippen molar-refractivity contribution in [2.75, 3.05) is 39.4 Å². The fourth-order valence-corrected chi connectivity index (χ4v) is 2.48. The molecule has 0 atom stereocenters. The molecule has 0 rings (SSSR count). The molecule has 0 aliphatic carbocycles. The van der Waals surface area contributed by atoms with Gasteiger partial charge in [-0.2, -0.15) is 0 Å². The highest BCUT2D eigenvalue weighted by Gasteiger charge is 2.05. The van der Waals surface area contributed by atoms with Crippen LogP contribution in [0.4, 0.5) is 0 Å². The average molecular weight is 316 g/mol. The van der Waals surface area contributed by atoms with Crippen LogP contribution in [-0.2, 0) is 4.79 Å². The molecular formula is C17H36N2O3. The SMILES string of the molecule is CCCCCCCCCCC(=O)NCCN(CCO)CCO. The fourth-order valence-electron chi connectivity index (χ4n) is 2.48. The molecule has 5 heteroatoms. The molecule has 3 N–H and O–H groups in total. The lowest BCUT2D eigenvalue weighted by Gasteiger charge is -2.20. The summed E-state index contributed by atoms with van der Waals surface area (Å²) in [5.74, 6) is 0.110. The molecule has 5 nitrogen and oxygen atoms in total. The van der Waals surface area contributed by atoms with Gasteiger partial charge in [0.2, 0.25) is 5.91 Å². The lowest BCUT2D eigenvalue weighted by molar-refractivity contribution is -0.121. The van der Waals surface area contributed by atoms with Crippen molar-refractivity contribution in [1.29, 1.82) is 0 Å². The van der Waals surface area contributed by atoms with Crippen LogP contribution in [0.15, 0.2) is 0 Å². The van der Waals surface area contributed by atoms with Gasteiger partial charge in [0, 0.05) is 32.6 Å². The number of aliphatic hydroxyl groups excluding tert-OH is 2. The van der Waals surface area contributed by atoms with E-state index in [2.05, 4.69) is 12.2 Å². The zero-order valence-corrected chi connectivity index (χ0v) is 14.4. The molecule has 0 aliphatic heterocycles. The van der Waals surface area contributed by atoms with Crippen molar-refractivity contribution in [3.63, 3.8) is 0 Å². The Kier molecular flexibility index (Phi) is 16.2. The molecule has 0 aromatic heterocycles. The van der Waals surface area contributed by atoms with Crippen LogP contribution in [0.5, 0.6) is 0 Å². The predicted octanol–water partition coefficient (Wildman–Crippen LogP) is 1.92. The van der Waals surface area contributed by atoms with E-state index in [1.807, 2.05) is 4.90 Å². The van der Waals surface area contributed by atoms with Crippen LogP contribution >= 0.6 is 0 Å². The molecular weight excluding hydrogens is 280 g/mol. The van der Waals surface area contributed by atoms with Gasteiger partial charge in [0.25, 0.3) is 0 Å². The minimum atomic E-state index is 0.0756. The molecule has 0 unspecified atom stereocenters. The third-order valence-corrected chi connectivity index (χ3v) is 3.84. The van der Waals surface area contributed by atoms with Gasteiger partial charge in [-0.3, -0.25) is 9.69 Å². The molecule has 0 saturated carbocycles. The average Bonchev–Trinajstić information content (AvgIpc) is 2.50. The van der Waals surface area contributed by atoms with Crippen LogP contribution < -0.4 is 5.32 Å². The summed E-state index contributed by atoms with van der Waals surface area (Å²) in [6.07, 6.45) is 10.5. The van der Waals surface area contributed by atoms with Crippen molar-refractivity contribution in [2.24, 2.45) is 0 Å². The van der Waals surface area contributed by atoms with E-state index in [4.69, 9.17) is 10.2 Å². The first kappa shape index (κ1) is 21.4. The number of carbonyl (C=O) groups is 1. The highest BCUT2D eigenvalue weighted by Crippen LogP contribution is 2.09. The third-order valence-electron chi connectivity index (χ3n) is 3.84. The van der Waals surface area contributed by atoms with Gasteiger partial charge in [0.1, 0.15) is 0 Å². The summed E-state index contributed by atoms with van der Waals surface area (Å²) in [5.41, 5.74) is 0. The molecule has 0 saturated heterocycles. The van der Waals surface area contributed by atoms with E-state index in [1.54, 1.807) is 0 Å². The van der Waals surface area contributed by atoms with Crippen LogP contribution in [-0.4, -0.2) is 60.4 Å². The zero-order chi connectivity index (χ0) is 16.5. The lowest BCUT2D eigenvalue weighted by atomic mass is 10.1. The van der Waals surface area contributed by atoms with Crippen LogP contribution in [0, 0.1) is 0 Å². The summed E-state index contributed by atoms with van der Waals surface area (Å²) in [7, 11) is 0. The van der Waals surface area contributed by atoms with Crippen LogP contribution in [0.1, 0.15) is 64.7 Å². The molecule has 0 spiro atoms. The second-order valence-electron chi connectivity index (χ2n) is 5.86. The van der Waals surface area contributed by atoms with Gasteiger partial charge in [0.05, 0.1) is 13.2 Å². The number of unbranched alkanes of at least 4 members (excludes halogenated alkanes) is 7. The Hall–Kier alpha value is -0.650. The summed E-state index contributed by atoms with van der Waals surface area (Å²) >= 11 is 0. The molecule has 0 heterocycles. The second kappa shape index (κ2) is 16.7. The van der Waals surface area contributed by atoms with E-state index in [0.29, 0.717) is 32.6 Å². The van der Waals surface area contributed by atoms with Crippen molar-refractivity contribution >= 4 is 5.91 Å². The molecule has 132 valence electrons. The van der Waals surface area contributed by atoms with Crippen molar-refractivity contribution in [1.82, 2.24) is 10.2 Å². The van der Waals surface area contributed by atoms with Gasteiger partial charge in [-0.1, -0.05) is 51.9 Å². The summed E-state index contributed by atoms with van der Waals surface area (Å²) in [5, 5.41) is 20.7. The Balaban J connectivity index is 3.41. The quantitative estimate of drug-likeness (QED) is 0.380. The largest absolute Gasteiger partial charge is 0.395 e. The highest BCUT2D eigenvalue weighted by molar-refractivity contribution is 5.75. The smallest absolute Gasteiger partial charge is 0.220 e. The van der Waals surface area contributed by atoms with E-state index >= 15 is 0 Å². The van der Waals surface area contributed by atoms with Gasteiger partial charge in [-0.25, -0.2) is 0 Å². The Morgan fingerprint density at radius 1 is 0.864 bits per heavy atom. The van der Waals surface area contributed by atoms with Gasteiger partial charge in [0.15, 0.2) is 0 Å². The van der Waals surface area contributed by atoms with Crippen LogP contribution in [0.3, 0.4) is 0 Å². The summed E-state index contributed by atoms with van der Waals surface area (Å²) in [6.45, 7) is 4.70. The number of amides is 1. The molecule has 0 aromatic carbocycles. The maximum Gasteiger partial charge on any atom is 0.220 e. The minimum absolute atomic E-state index is 0.0756. The monoisotopic (exact) mass is 316 g/mol. The van der Waals surface area contributed by atoms with Crippen LogP contribution in [0.2, 0.25) is 0 Å². The predicted molar refractivity (Wildman–Crippen MR) is 90.8 cm³/mol. The van der Waals surface area contributed by atoms with Crippen molar-refractivity contribution < 1.29 is 15.0 Å².